The van der Waals surface area contributed by atoms with Gasteiger partial charge in [0.15, 0.2) is 0 Å². The first-order valence-electron chi connectivity index (χ1n) is 4.68. The minimum Gasteiger partial charge on any atom is -0.103 e. The number of allylic oxidation sites excluding steroid dienone is 5. The van der Waals surface area contributed by atoms with E-state index in [9.17, 15) is 0 Å². The zero-order valence-corrected chi connectivity index (χ0v) is 8.46. The lowest BCUT2D eigenvalue weighted by Gasteiger charge is -2.14. The van der Waals surface area contributed by atoms with Crippen LogP contribution in [0.15, 0.2) is 37.0 Å². The van der Waals surface area contributed by atoms with Crippen molar-refractivity contribution >= 4 is 0 Å². The van der Waals surface area contributed by atoms with E-state index in [0.717, 1.165) is 0 Å². The van der Waals surface area contributed by atoms with Crippen LogP contribution in [-0.4, -0.2) is 0 Å². The predicted octanol–water partition coefficient (Wildman–Crippen LogP) is 3.97. The summed E-state index contributed by atoms with van der Waals surface area (Å²) in [6.07, 6.45) is 11.7. The molecule has 0 aromatic carbocycles. The summed E-state index contributed by atoms with van der Waals surface area (Å²) in [5.74, 6) is 1.22. The quantitative estimate of drug-likeness (QED) is 0.426. The first-order chi connectivity index (χ1) is 5.76. The van der Waals surface area contributed by atoms with Crippen molar-refractivity contribution in [3.63, 3.8) is 0 Å². The fourth-order valence-electron chi connectivity index (χ4n) is 1.25. The highest BCUT2D eigenvalue weighted by Crippen LogP contribution is 2.17. The molecule has 0 bridgehead atoms. The first kappa shape index (κ1) is 11.2. The van der Waals surface area contributed by atoms with Gasteiger partial charge in [-0.05, 0) is 25.2 Å². The highest BCUT2D eigenvalue weighted by Gasteiger charge is 2.06. The first-order valence-corrected chi connectivity index (χ1v) is 4.68. The second-order valence-corrected chi connectivity index (χ2v) is 3.08. The molecule has 0 fully saturated rings. The number of rotatable bonds is 5. The van der Waals surface area contributed by atoms with Gasteiger partial charge in [0, 0.05) is 0 Å². The summed E-state index contributed by atoms with van der Waals surface area (Å²) < 4.78 is 0. The minimum absolute atomic E-state index is 0.601. The molecule has 12 heavy (non-hydrogen) atoms. The van der Waals surface area contributed by atoms with E-state index in [1.54, 1.807) is 0 Å². The molecule has 0 heterocycles. The number of hydrogen-bond donors (Lipinski definition) is 0. The lowest BCUT2D eigenvalue weighted by Crippen LogP contribution is -2.04. The molecule has 2 atom stereocenters. The lowest BCUT2D eigenvalue weighted by atomic mass is 9.91. The summed E-state index contributed by atoms with van der Waals surface area (Å²) in [5.41, 5.74) is 0. The van der Waals surface area contributed by atoms with Gasteiger partial charge in [-0.1, -0.05) is 44.2 Å². The molecule has 0 nitrogen and oxygen atoms in total. The zero-order valence-electron chi connectivity index (χ0n) is 8.46. The van der Waals surface area contributed by atoms with E-state index in [0.29, 0.717) is 11.8 Å². The Hall–Kier alpha value is -0.780. The maximum absolute atomic E-state index is 3.83. The average molecular weight is 164 g/mol. The second kappa shape index (κ2) is 6.90. The summed E-state index contributed by atoms with van der Waals surface area (Å²) in [7, 11) is 0. The van der Waals surface area contributed by atoms with Gasteiger partial charge in [-0.3, -0.25) is 0 Å². The Kier molecular flexibility index (Phi) is 6.45. The van der Waals surface area contributed by atoms with Crippen LogP contribution in [0.1, 0.15) is 27.2 Å². The normalized spacial score (nSPS) is 16.9. The van der Waals surface area contributed by atoms with Gasteiger partial charge in [-0.25, -0.2) is 0 Å². The van der Waals surface area contributed by atoms with Gasteiger partial charge < -0.3 is 0 Å². The van der Waals surface area contributed by atoms with Crippen molar-refractivity contribution in [2.45, 2.75) is 27.2 Å². The van der Waals surface area contributed by atoms with Gasteiger partial charge in [-0.2, -0.15) is 0 Å². The van der Waals surface area contributed by atoms with E-state index in [2.05, 4.69) is 38.7 Å². The minimum atomic E-state index is 0.601. The van der Waals surface area contributed by atoms with E-state index in [1.807, 2.05) is 19.1 Å². The van der Waals surface area contributed by atoms with Crippen molar-refractivity contribution in [2.24, 2.45) is 11.8 Å². The maximum Gasteiger partial charge on any atom is -0.0178 e. The fourth-order valence-corrected chi connectivity index (χ4v) is 1.25. The molecule has 0 rings (SSSR count). The molecule has 0 saturated heterocycles. The molecule has 0 heteroatoms. The van der Waals surface area contributed by atoms with Crippen LogP contribution in [0, 0.1) is 11.8 Å². The molecule has 0 radical (unpaired) electrons. The van der Waals surface area contributed by atoms with Crippen LogP contribution in [0.4, 0.5) is 0 Å². The van der Waals surface area contributed by atoms with Crippen LogP contribution in [0.25, 0.3) is 0 Å². The van der Waals surface area contributed by atoms with Crippen LogP contribution in [0.5, 0.6) is 0 Å². The smallest absolute Gasteiger partial charge is 0.0178 e. The van der Waals surface area contributed by atoms with Crippen LogP contribution in [0.2, 0.25) is 0 Å². The standard InChI is InChI=1S/C12H20/c1-5-8-9-10-11(4)12(6-2)7-3/h5-6,8-12H,2,7H2,1,3-4H3. The van der Waals surface area contributed by atoms with E-state index in [-0.39, 0.29) is 0 Å². The van der Waals surface area contributed by atoms with E-state index < -0.39 is 0 Å². The molecule has 68 valence electrons. The monoisotopic (exact) mass is 164 g/mol. The molecule has 0 aliphatic rings. The molecular formula is C12H20. The lowest BCUT2D eigenvalue weighted by molar-refractivity contribution is 0.498. The summed E-state index contributed by atoms with van der Waals surface area (Å²) >= 11 is 0. The van der Waals surface area contributed by atoms with Crippen LogP contribution in [-0.2, 0) is 0 Å². The van der Waals surface area contributed by atoms with Gasteiger partial charge in [0.05, 0.1) is 0 Å². The third-order valence-electron chi connectivity index (χ3n) is 2.17. The second-order valence-electron chi connectivity index (χ2n) is 3.08. The van der Waals surface area contributed by atoms with Crippen molar-refractivity contribution in [1.29, 1.82) is 0 Å². The third-order valence-corrected chi connectivity index (χ3v) is 2.17. The van der Waals surface area contributed by atoms with Gasteiger partial charge in [0.1, 0.15) is 0 Å². The third kappa shape index (κ3) is 4.17. The predicted molar refractivity (Wildman–Crippen MR) is 57.1 cm³/mol. The van der Waals surface area contributed by atoms with Crippen molar-refractivity contribution in [3.05, 3.63) is 37.0 Å². The van der Waals surface area contributed by atoms with Gasteiger partial charge in [0.2, 0.25) is 0 Å². The molecule has 0 aliphatic carbocycles. The molecule has 2 unspecified atom stereocenters. The molecule has 0 N–H and O–H groups in total. The van der Waals surface area contributed by atoms with Gasteiger partial charge in [0.25, 0.3) is 0 Å². The SMILES string of the molecule is C=CC(CC)C(C)C=CC=CC. The summed E-state index contributed by atoms with van der Waals surface area (Å²) in [6.45, 7) is 10.3. The topological polar surface area (TPSA) is 0 Å². The molecule has 0 aromatic heterocycles. The van der Waals surface area contributed by atoms with Crippen molar-refractivity contribution in [2.75, 3.05) is 0 Å². The maximum atomic E-state index is 3.83. The van der Waals surface area contributed by atoms with Crippen molar-refractivity contribution in [1.82, 2.24) is 0 Å². The summed E-state index contributed by atoms with van der Waals surface area (Å²) in [5, 5.41) is 0. The van der Waals surface area contributed by atoms with Gasteiger partial charge >= 0.3 is 0 Å². The Morgan fingerprint density at radius 1 is 1.33 bits per heavy atom. The molecule has 0 amide bonds. The van der Waals surface area contributed by atoms with Crippen molar-refractivity contribution < 1.29 is 0 Å². The Balaban J connectivity index is 3.99. The molecule has 0 aromatic rings. The Morgan fingerprint density at radius 3 is 2.42 bits per heavy atom. The molecule has 0 aliphatic heterocycles. The number of hydrogen-bond acceptors (Lipinski definition) is 0. The summed E-state index contributed by atoms with van der Waals surface area (Å²) in [4.78, 5) is 0. The Bertz CT molecular complexity index is 163. The van der Waals surface area contributed by atoms with E-state index in [1.165, 1.54) is 6.42 Å². The molecular weight excluding hydrogens is 144 g/mol. The van der Waals surface area contributed by atoms with Crippen LogP contribution in [0.3, 0.4) is 0 Å². The molecule has 0 spiro atoms. The van der Waals surface area contributed by atoms with Crippen LogP contribution < -0.4 is 0 Å². The summed E-state index contributed by atoms with van der Waals surface area (Å²) in [6, 6.07) is 0. The average Bonchev–Trinajstić information content (AvgIpc) is 2.07. The largest absolute Gasteiger partial charge is 0.103 e. The zero-order chi connectivity index (χ0) is 9.40. The Morgan fingerprint density at radius 2 is 2.00 bits per heavy atom. The van der Waals surface area contributed by atoms with E-state index in [4.69, 9.17) is 0 Å². The van der Waals surface area contributed by atoms with Crippen molar-refractivity contribution in [3.8, 4) is 0 Å². The highest BCUT2D eigenvalue weighted by atomic mass is 14.1. The fraction of sp³-hybridized carbons (Fsp3) is 0.500. The van der Waals surface area contributed by atoms with E-state index >= 15 is 0 Å². The Labute approximate surface area is 76.7 Å². The van der Waals surface area contributed by atoms with Crippen LogP contribution >= 0.6 is 0 Å². The van der Waals surface area contributed by atoms with Gasteiger partial charge in [-0.15, -0.1) is 6.58 Å². The molecule has 0 saturated carbocycles. The highest BCUT2D eigenvalue weighted by molar-refractivity contribution is 5.04.